The molecule has 4 aromatic carbocycles. The van der Waals surface area contributed by atoms with E-state index in [4.69, 9.17) is 9.72 Å². The number of piperidine rings is 1. The summed E-state index contributed by atoms with van der Waals surface area (Å²) in [5, 5.41) is 6.39. The van der Waals surface area contributed by atoms with Gasteiger partial charge in [-0.25, -0.2) is 4.98 Å². The van der Waals surface area contributed by atoms with Gasteiger partial charge in [0.2, 0.25) is 0 Å². The van der Waals surface area contributed by atoms with Gasteiger partial charge in [0, 0.05) is 0 Å². The van der Waals surface area contributed by atoms with Crippen molar-refractivity contribution in [2.75, 3.05) is 13.2 Å². The Morgan fingerprint density at radius 1 is 0.900 bits per heavy atom. The number of aromatic nitrogens is 2. The molecular weight excluding hydrogens is 490 g/mol. The van der Waals surface area contributed by atoms with Crippen LogP contribution in [-0.4, -0.2) is 23.1 Å². The van der Waals surface area contributed by atoms with Crippen molar-refractivity contribution in [2.24, 2.45) is 11.8 Å². The van der Waals surface area contributed by atoms with Crippen molar-refractivity contribution in [3.8, 4) is 16.9 Å². The number of aryl methyl sites for hydroxylation is 1. The van der Waals surface area contributed by atoms with Gasteiger partial charge in [-0.2, -0.15) is 0 Å². The van der Waals surface area contributed by atoms with E-state index in [2.05, 4.69) is 96.9 Å². The molecule has 3 heterocycles. The number of rotatable bonds is 4. The van der Waals surface area contributed by atoms with Crippen molar-refractivity contribution in [3.63, 3.8) is 0 Å². The van der Waals surface area contributed by atoms with Gasteiger partial charge in [0.15, 0.2) is 0 Å². The summed E-state index contributed by atoms with van der Waals surface area (Å²) >= 11 is 0. The Bertz CT molecular complexity index is 1660. The predicted octanol–water partition coefficient (Wildman–Crippen LogP) is 8.33. The van der Waals surface area contributed by atoms with Gasteiger partial charge in [0.05, 0.1) is 23.7 Å². The zero-order chi connectivity index (χ0) is 27.1. The summed E-state index contributed by atoms with van der Waals surface area (Å²) in [6, 6.07) is 27.2. The van der Waals surface area contributed by atoms with Crippen molar-refractivity contribution in [3.05, 3.63) is 95.3 Å². The summed E-state index contributed by atoms with van der Waals surface area (Å²) < 4.78 is 6.36. The van der Waals surface area contributed by atoms with Crippen molar-refractivity contribution in [2.45, 2.75) is 58.4 Å². The molecule has 4 nitrogen and oxygen atoms in total. The molecule has 1 aromatic heterocycles. The third-order valence-electron chi connectivity index (χ3n) is 9.34. The molecule has 4 heteroatoms. The summed E-state index contributed by atoms with van der Waals surface area (Å²) in [5.74, 6) is 3.26. The number of aromatic amines is 1. The normalized spacial score (nSPS) is 21.5. The van der Waals surface area contributed by atoms with Crippen LogP contribution in [0, 0.1) is 18.8 Å². The molecule has 1 saturated heterocycles. The van der Waals surface area contributed by atoms with Gasteiger partial charge >= 0.3 is 0 Å². The highest BCUT2D eigenvalue weighted by atomic mass is 16.5. The van der Waals surface area contributed by atoms with Crippen molar-refractivity contribution in [1.29, 1.82) is 0 Å². The maximum atomic E-state index is 6.36. The molecule has 204 valence electrons. The Kier molecular flexibility index (Phi) is 6.81. The van der Waals surface area contributed by atoms with Crippen molar-refractivity contribution >= 4 is 21.8 Å². The molecule has 0 amide bonds. The number of nitrogens with one attached hydrogen (secondary N) is 2. The Morgan fingerprint density at radius 3 is 2.62 bits per heavy atom. The van der Waals surface area contributed by atoms with E-state index in [0.717, 1.165) is 61.4 Å². The maximum Gasteiger partial charge on any atom is 0.124 e. The average Bonchev–Trinajstić information content (AvgIpc) is 3.42. The standard InChI is InChI=1S/C36H39N3O/c1-23-10-11-28(31-8-4-3-7-30(23)31)20-25-16-18-40-35-15-13-26(21-29(35)19-24(25)2)27-12-14-32-34(22-27)39-36(38-32)33-9-5-6-17-37-33/h3-4,7-8,10-15,21-22,24-25,33,37H,5-6,9,16-20H2,1-2H3,(H,38,39). The quantitative estimate of drug-likeness (QED) is 0.246. The molecule has 0 bridgehead atoms. The molecule has 2 N–H and O–H groups in total. The Morgan fingerprint density at radius 2 is 1.75 bits per heavy atom. The summed E-state index contributed by atoms with van der Waals surface area (Å²) in [7, 11) is 0. The summed E-state index contributed by atoms with van der Waals surface area (Å²) in [6.07, 6.45) is 6.87. The Hall–Kier alpha value is -3.63. The molecule has 0 aliphatic carbocycles. The van der Waals surface area contributed by atoms with E-state index in [1.807, 2.05) is 0 Å². The lowest BCUT2D eigenvalue weighted by Crippen LogP contribution is -2.27. The summed E-state index contributed by atoms with van der Waals surface area (Å²) in [4.78, 5) is 8.51. The van der Waals surface area contributed by atoms with Crippen LogP contribution in [0.15, 0.2) is 72.8 Å². The Labute approximate surface area is 237 Å². The maximum absolute atomic E-state index is 6.36. The lowest BCUT2D eigenvalue weighted by atomic mass is 9.80. The van der Waals surface area contributed by atoms with Crippen LogP contribution in [0.1, 0.15) is 61.2 Å². The fraction of sp³-hybridized carbons (Fsp3) is 0.361. The number of nitrogens with zero attached hydrogens (tertiary/aromatic N) is 1. The predicted molar refractivity (Wildman–Crippen MR) is 165 cm³/mol. The lowest BCUT2D eigenvalue weighted by Gasteiger charge is -2.29. The highest BCUT2D eigenvalue weighted by molar-refractivity contribution is 5.88. The van der Waals surface area contributed by atoms with E-state index in [9.17, 15) is 0 Å². The molecule has 7 rings (SSSR count). The van der Waals surface area contributed by atoms with Gasteiger partial charge in [-0.15, -0.1) is 0 Å². The van der Waals surface area contributed by atoms with E-state index < -0.39 is 0 Å². The van der Waals surface area contributed by atoms with Crippen LogP contribution in [0.25, 0.3) is 32.9 Å². The van der Waals surface area contributed by atoms with Crippen LogP contribution in [0.2, 0.25) is 0 Å². The molecule has 0 spiro atoms. The van der Waals surface area contributed by atoms with Crippen LogP contribution < -0.4 is 10.1 Å². The second-order valence-electron chi connectivity index (χ2n) is 12.0. The highest BCUT2D eigenvalue weighted by Gasteiger charge is 2.24. The minimum absolute atomic E-state index is 0.338. The minimum Gasteiger partial charge on any atom is -0.493 e. The molecule has 0 radical (unpaired) electrons. The first-order valence-electron chi connectivity index (χ1n) is 15.1. The second-order valence-corrected chi connectivity index (χ2v) is 12.0. The van der Waals surface area contributed by atoms with Crippen LogP contribution in [-0.2, 0) is 12.8 Å². The first-order chi connectivity index (χ1) is 19.6. The number of ether oxygens (including phenoxy) is 1. The number of hydrogen-bond acceptors (Lipinski definition) is 3. The fourth-order valence-corrected chi connectivity index (χ4v) is 6.91. The first-order valence-corrected chi connectivity index (χ1v) is 15.1. The van der Waals surface area contributed by atoms with Crippen LogP contribution in [0.4, 0.5) is 0 Å². The first kappa shape index (κ1) is 25.3. The van der Waals surface area contributed by atoms with Crippen LogP contribution in [0.5, 0.6) is 5.75 Å². The van der Waals surface area contributed by atoms with Crippen LogP contribution >= 0.6 is 0 Å². The second kappa shape index (κ2) is 10.7. The Balaban J connectivity index is 1.14. The number of benzene rings is 4. The highest BCUT2D eigenvalue weighted by Crippen LogP contribution is 2.36. The average molecular weight is 530 g/mol. The van der Waals surface area contributed by atoms with Crippen LogP contribution in [0.3, 0.4) is 0 Å². The smallest absolute Gasteiger partial charge is 0.124 e. The van der Waals surface area contributed by atoms with Gasteiger partial charge in [0.1, 0.15) is 11.6 Å². The van der Waals surface area contributed by atoms with Gasteiger partial charge in [0.25, 0.3) is 0 Å². The molecule has 5 aromatic rings. The fourth-order valence-electron chi connectivity index (χ4n) is 6.91. The van der Waals surface area contributed by atoms with E-state index in [0.29, 0.717) is 17.9 Å². The molecular formula is C36H39N3O. The lowest BCUT2D eigenvalue weighted by molar-refractivity contribution is 0.222. The number of imidazole rings is 1. The van der Waals surface area contributed by atoms with Gasteiger partial charge in [-0.05, 0) is 120 Å². The molecule has 0 saturated carbocycles. The van der Waals surface area contributed by atoms with Gasteiger partial charge < -0.3 is 15.0 Å². The van der Waals surface area contributed by atoms with Crippen molar-refractivity contribution in [1.82, 2.24) is 15.3 Å². The van der Waals surface area contributed by atoms with E-state index >= 15 is 0 Å². The summed E-state index contributed by atoms with van der Waals surface area (Å²) in [6.45, 7) is 6.48. The SMILES string of the molecule is Cc1ccc(CC2CCOc3ccc(-c4ccc5nc(C6CCCCN6)[nH]c5c4)cc3CC2C)c2ccccc12. The molecule has 40 heavy (non-hydrogen) atoms. The van der Waals surface area contributed by atoms with E-state index in [-0.39, 0.29) is 0 Å². The summed E-state index contributed by atoms with van der Waals surface area (Å²) in [5.41, 5.74) is 8.75. The third-order valence-corrected chi connectivity index (χ3v) is 9.34. The van der Waals surface area contributed by atoms with Gasteiger partial charge in [-0.3, -0.25) is 0 Å². The van der Waals surface area contributed by atoms with Gasteiger partial charge in [-0.1, -0.05) is 61.9 Å². The molecule has 3 atom stereocenters. The largest absolute Gasteiger partial charge is 0.493 e. The molecule has 2 aliphatic rings. The monoisotopic (exact) mass is 529 g/mol. The number of fused-ring (bicyclic) bond motifs is 3. The minimum atomic E-state index is 0.338. The van der Waals surface area contributed by atoms with E-state index in [1.54, 1.807) is 0 Å². The number of hydrogen-bond donors (Lipinski definition) is 2. The molecule has 1 fully saturated rings. The number of H-pyrrole nitrogens is 1. The zero-order valence-corrected chi connectivity index (χ0v) is 23.7. The zero-order valence-electron chi connectivity index (χ0n) is 23.7. The molecule has 2 aliphatic heterocycles. The van der Waals surface area contributed by atoms with Crippen molar-refractivity contribution < 1.29 is 4.74 Å². The van der Waals surface area contributed by atoms with E-state index in [1.165, 1.54) is 51.4 Å². The third kappa shape index (κ3) is 4.90. The topological polar surface area (TPSA) is 49.9 Å². The molecule has 3 unspecified atom stereocenters.